The van der Waals surface area contributed by atoms with Crippen LogP contribution >= 0.6 is 11.8 Å². The molecule has 3 rings (SSSR count). The van der Waals surface area contributed by atoms with Crippen molar-refractivity contribution in [1.82, 2.24) is 4.90 Å². The van der Waals surface area contributed by atoms with Gasteiger partial charge in [0.25, 0.3) is 0 Å². The standard InChI is InChI=1S/C19H21N3O2S/c1-2-3-11-17-18(23)22(14-15-8-5-4-6-9-15)19(25-17)21-20-13-16-10-7-12-24-16/h4-10,12-13,17H,2-3,11,14H2,1H3/b20-13-,21-19-/t17-/m0/s1. The van der Waals surface area contributed by atoms with Crippen molar-refractivity contribution in [3.05, 3.63) is 60.1 Å². The largest absolute Gasteiger partial charge is 0.463 e. The van der Waals surface area contributed by atoms with Crippen LogP contribution < -0.4 is 0 Å². The summed E-state index contributed by atoms with van der Waals surface area (Å²) in [6.45, 7) is 2.65. The number of carbonyl (C=O) groups is 1. The van der Waals surface area contributed by atoms with Gasteiger partial charge in [-0.1, -0.05) is 61.9 Å². The normalized spacial score (nSPS) is 19.4. The van der Waals surface area contributed by atoms with Crippen molar-refractivity contribution in [1.29, 1.82) is 0 Å². The first-order chi connectivity index (χ1) is 12.3. The van der Waals surface area contributed by atoms with Gasteiger partial charge in [0.2, 0.25) is 5.91 Å². The highest BCUT2D eigenvalue weighted by atomic mass is 32.2. The number of amides is 1. The van der Waals surface area contributed by atoms with E-state index in [2.05, 4.69) is 17.1 Å². The van der Waals surface area contributed by atoms with E-state index in [9.17, 15) is 4.79 Å². The SMILES string of the molecule is CCCC[C@@H]1S/C(=N\N=C/c2ccco2)N(Cc2ccccc2)C1=O. The predicted molar refractivity (Wildman–Crippen MR) is 102 cm³/mol. The second kappa shape index (κ2) is 8.67. The maximum atomic E-state index is 12.8. The highest BCUT2D eigenvalue weighted by Crippen LogP contribution is 2.32. The zero-order chi connectivity index (χ0) is 17.5. The highest BCUT2D eigenvalue weighted by Gasteiger charge is 2.37. The second-order valence-corrected chi connectivity index (χ2v) is 6.97. The molecular weight excluding hydrogens is 334 g/mol. The molecule has 0 radical (unpaired) electrons. The Hall–Kier alpha value is -2.34. The van der Waals surface area contributed by atoms with Crippen molar-refractivity contribution in [2.24, 2.45) is 10.2 Å². The number of thioether (sulfide) groups is 1. The molecule has 130 valence electrons. The van der Waals surface area contributed by atoms with Crippen molar-refractivity contribution < 1.29 is 9.21 Å². The number of furan rings is 1. The summed E-state index contributed by atoms with van der Waals surface area (Å²) in [6.07, 6.45) is 6.12. The van der Waals surface area contributed by atoms with Crippen molar-refractivity contribution in [3.8, 4) is 0 Å². The monoisotopic (exact) mass is 355 g/mol. The maximum absolute atomic E-state index is 12.8. The third-order valence-corrected chi connectivity index (χ3v) is 5.13. The molecule has 2 aromatic rings. The van der Waals surface area contributed by atoms with Gasteiger partial charge in [-0.15, -0.1) is 5.10 Å². The number of amidine groups is 1. The van der Waals surface area contributed by atoms with E-state index in [-0.39, 0.29) is 11.2 Å². The van der Waals surface area contributed by atoms with E-state index >= 15 is 0 Å². The first-order valence-corrected chi connectivity index (χ1v) is 9.32. The lowest BCUT2D eigenvalue weighted by Gasteiger charge is -2.15. The lowest BCUT2D eigenvalue weighted by Crippen LogP contribution is -2.31. The number of rotatable bonds is 7. The fourth-order valence-corrected chi connectivity index (χ4v) is 3.71. The van der Waals surface area contributed by atoms with Crippen LogP contribution in [0.1, 0.15) is 37.5 Å². The number of nitrogens with zero attached hydrogens (tertiary/aromatic N) is 3. The van der Waals surface area contributed by atoms with Crippen LogP contribution in [0.2, 0.25) is 0 Å². The average molecular weight is 355 g/mol. The van der Waals surface area contributed by atoms with Gasteiger partial charge in [0.15, 0.2) is 5.17 Å². The summed E-state index contributed by atoms with van der Waals surface area (Å²) in [5, 5.41) is 8.95. The van der Waals surface area contributed by atoms with Gasteiger partial charge in [0, 0.05) is 0 Å². The van der Waals surface area contributed by atoms with Crippen molar-refractivity contribution in [2.45, 2.75) is 38.0 Å². The molecule has 5 nitrogen and oxygen atoms in total. The van der Waals surface area contributed by atoms with E-state index in [1.165, 1.54) is 11.8 Å². The Morgan fingerprint density at radius 3 is 2.80 bits per heavy atom. The zero-order valence-corrected chi connectivity index (χ0v) is 15.0. The molecule has 6 heteroatoms. The van der Waals surface area contributed by atoms with Crippen molar-refractivity contribution >= 4 is 29.1 Å². The lowest BCUT2D eigenvalue weighted by atomic mass is 10.1. The lowest BCUT2D eigenvalue weighted by molar-refractivity contribution is -0.126. The fraction of sp³-hybridized carbons (Fsp3) is 0.316. The minimum atomic E-state index is -0.0683. The van der Waals surface area contributed by atoms with Crippen LogP contribution in [0.5, 0.6) is 0 Å². The molecule has 1 aliphatic heterocycles. The summed E-state index contributed by atoms with van der Waals surface area (Å²) in [7, 11) is 0. The van der Waals surface area contributed by atoms with Crippen LogP contribution in [0.25, 0.3) is 0 Å². The molecule has 1 aromatic heterocycles. The van der Waals surface area contributed by atoms with E-state index in [1.807, 2.05) is 36.4 Å². The molecule has 1 atom stereocenters. The predicted octanol–water partition coefficient (Wildman–Crippen LogP) is 4.30. The Morgan fingerprint density at radius 2 is 2.08 bits per heavy atom. The molecule has 1 aliphatic rings. The molecule has 0 bridgehead atoms. The van der Waals surface area contributed by atoms with Crippen LogP contribution in [0.3, 0.4) is 0 Å². The summed E-state index contributed by atoms with van der Waals surface area (Å²) in [5.74, 6) is 0.755. The number of benzene rings is 1. The molecule has 25 heavy (non-hydrogen) atoms. The van der Waals surface area contributed by atoms with Crippen LogP contribution in [0.15, 0.2) is 63.3 Å². The molecule has 0 saturated carbocycles. The van der Waals surface area contributed by atoms with E-state index in [1.54, 1.807) is 23.4 Å². The molecule has 0 N–H and O–H groups in total. The number of carbonyl (C=O) groups excluding carboxylic acids is 1. The third-order valence-electron chi connectivity index (χ3n) is 3.89. The van der Waals surface area contributed by atoms with Crippen molar-refractivity contribution in [3.63, 3.8) is 0 Å². The molecule has 1 fully saturated rings. The smallest absolute Gasteiger partial charge is 0.242 e. The quantitative estimate of drug-likeness (QED) is 0.549. The van der Waals surface area contributed by atoms with Gasteiger partial charge in [-0.3, -0.25) is 9.69 Å². The van der Waals surface area contributed by atoms with Crippen molar-refractivity contribution in [2.75, 3.05) is 0 Å². The van der Waals surface area contributed by atoms with Gasteiger partial charge in [0.05, 0.1) is 24.3 Å². The summed E-state index contributed by atoms with van der Waals surface area (Å²) < 4.78 is 5.21. The molecule has 2 heterocycles. The molecular formula is C19H21N3O2S. The second-order valence-electron chi connectivity index (χ2n) is 5.80. The Labute approximate surface area is 151 Å². The summed E-state index contributed by atoms with van der Waals surface area (Å²) in [5.41, 5.74) is 1.08. The fourth-order valence-electron chi connectivity index (χ4n) is 2.57. The molecule has 1 saturated heterocycles. The molecule has 1 amide bonds. The van der Waals surface area contributed by atoms with Crippen LogP contribution in [0, 0.1) is 0 Å². The molecule has 1 aromatic carbocycles. The van der Waals surface area contributed by atoms with Gasteiger partial charge in [-0.05, 0) is 24.1 Å². The average Bonchev–Trinajstić information content (AvgIpc) is 3.25. The Kier molecular flexibility index (Phi) is 6.06. The topological polar surface area (TPSA) is 58.2 Å². The van der Waals surface area contributed by atoms with E-state index in [0.717, 1.165) is 24.8 Å². The maximum Gasteiger partial charge on any atom is 0.242 e. The van der Waals surface area contributed by atoms with Crippen LogP contribution in [-0.2, 0) is 11.3 Å². The van der Waals surface area contributed by atoms with Gasteiger partial charge in [-0.2, -0.15) is 5.10 Å². The summed E-state index contributed by atoms with van der Waals surface area (Å²) in [4.78, 5) is 14.5. The first-order valence-electron chi connectivity index (χ1n) is 8.44. The van der Waals surface area contributed by atoms with E-state index in [4.69, 9.17) is 4.42 Å². The number of hydrogen-bond donors (Lipinski definition) is 0. The Balaban J connectivity index is 1.77. The van der Waals surface area contributed by atoms with Gasteiger partial charge in [-0.25, -0.2) is 0 Å². The minimum Gasteiger partial charge on any atom is -0.463 e. The number of unbranched alkanes of at least 4 members (excludes halogenated alkanes) is 1. The first kappa shape index (κ1) is 17.5. The van der Waals surface area contributed by atoms with E-state index < -0.39 is 0 Å². The Bertz CT molecular complexity index is 741. The van der Waals surface area contributed by atoms with Gasteiger partial charge >= 0.3 is 0 Å². The highest BCUT2D eigenvalue weighted by molar-refractivity contribution is 8.15. The molecule has 0 aliphatic carbocycles. The third kappa shape index (κ3) is 4.60. The summed E-state index contributed by atoms with van der Waals surface area (Å²) in [6, 6.07) is 13.6. The molecule has 0 spiro atoms. The zero-order valence-electron chi connectivity index (χ0n) is 14.2. The summed E-state index contributed by atoms with van der Waals surface area (Å²) >= 11 is 1.51. The van der Waals surface area contributed by atoms with Crippen LogP contribution in [-0.4, -0.2) is 27.4 Å². The Morgan fingerprint density at radius 1 is 1.24 bits per heavy atom. The number of hydrogen-bond acceptors (Lipinski definition) is 5. The van der Waals surface area contributed by atoms with E-state index in [0.29, 0.717) is 17.5 Å². The minimum absolute atomic E-state index is 0.0683. The molecule has 0 unspecified atom stereocenters. The van der Waals surface area contributed by atoms with Crippen LogP contribution in [0.4, 0.5) is 0 Å². The van der Waals surface area contributed by atoms with Gasteiger partial charge in [0.1, 0.15) is 5.76 Å². The van der Waals surface area contributed by atoms with Gasteiger partial charge < -0.3 is 4.42 Å².